The number of hydrogen-bond donors (Lipinski definition) is 2. The van der Waals surface area contributed by atoms with Crippen molar-refractivity contribution in [1.82, 2.24) is 4.98 Å². The van der Waals surface area contributed by atoms with Gasteiger partial charge in [0.2, 0.25) is 0 Å². The summed E-state index contributed by atoms with van der Waals surface area (Å²) in [6, 6.07) is 4.42. The average Bonchev–Trinajstić information content (AvgIpc) is 2.77. The third kappa shape index (κ3) is 3.10. The summed E-state index contributed by atoms with van der Waals surface area (Å²) in [7, 11) is 0. The molecule has 0 spiro atoms. The van der Waals surface area contributed by atoms with Gasteiger partial charge in [0.25, 0.3) is 0 Å². The lowest BCUT2D eigenvalue weighted by molar-refractivity contribution is 0.768. The lowest BCUT2D eigenvalue weighted by atomic mass is 10.2. The summed E-state index contributed by atoms with van der Waals surface area (Å²) in [5, 5.41) is 4.25. The van der Waals surface area contributed by atoms with Crippen molar-refractivity contribution in [1.29, 1.82) is 0 Å². The molecular formula is C12H17N3S2. The minimum atomic E-state index is 0.347. The lowest BCUT2D eigenvalue weighted by Gasteiger charge is -2.20. The van der Waals surface area contributed by atoms with Gasteiger partial charge >= 0.3 is 0 Å². The van der Waals surface area contributed by atoms with Crippen molar-refractivity contribution in [2.24, 2.45) is 5.73 Å². The fourth-order valence-corrected chi connectivity index (χ4v) is 3.27. The zero-order valence-corrected chi connectivity index (χ0v) is 11.5. The number of thioether (sulfide) groups is 1. The molecule has 2 rings (SSSR count). The number of nitrogens with one attached hydrogen (secondary N) is 1. The van der Waals surface area contributed by atoms with Crippen molar-refractivity contribution in [3.8, 4) is 0 Å². The van der Waals surface area contributed by atoms with E-state index in [-0.39, 0.29) is 0 Å². The van der Waals surface area contributed by atoms with Crippen LogP contribution in [-0.4, -0.2) is 27.5 Å². The van der Waals surface area contributed by atoms with Crippen molar-refractivity contribution in [2.45, 2.75) is 30.6 Å². The third-order valence-electron chi connectivity index (χ3n) is 3.12. The maximum absolute atomic E-state index is 5.52. The second-order valence-electron chi connectivity index (χ2n) is 4.25. The highest BCUT2D eigenvalue weighted by molar-refractivity contribution is 7.99. The van der Waals surface area contributed by atoms with Crippen molar-refractivity contribution in [3.05, 3.63) is 24.0 Å². The standard InChI is InChI=1S/C12H17N3S2/c1-17-11-4-2-3-9(11)15-8-5-6-10(12(13)16)14-7-8/h5-7,9,11,15H,2-4H2,1H3,(H2,13,16). The van der Waals surface area contributed by atoms with Gasteiger partial charge in [-0.3, -0.25) is 4.98 Å². The molecule has 0 radical (unpaired) electrons. The van der Waals surface area contributed by atoms with Crippen molar-refractivity contribution >= 4 is 34.7 Å². The first-order valence-corrected chi connectivity index (χ1v) is 7.45. The van der Waals surface area contributed by atoms with E-state index in [9.17, 15) is 0 Å². The quantitative estimate of drug-likeness (QED) is 0.821. The minimum Gasteiger partial charge on any atom is -0.388 e. The summed E-state index contributed by atoms with van der Waals surface area (Å²) in [6.07, 6.45) is 7.84. The van der Waals surface area contributed by atoms with Crippen LogP contribution in [0, 0.1) is 0 Å². The highest BCUT2D eigenvalue weighted by Gasteiger charge is 2.26. The van der Waals surface area contributed by atoms with E-state index in [0.717, 1.165) is 5.69 Å². The number of hydrogen-bond acceptors (Lipinski definition) is 4. The zero-order chi connectivity index (χ0) is 12.3. The van der Waals surface area contributed by atoms with E-state index in [0.29, 0.717) is 22.0 Å². The summed E-state index contributed by atoms with van der Waals surface area (Å²) in [6.45, 7) is 0. The van der Waals surface area contributed by atoms with Crippen LogP contribution in [0.4, 0.5) is 5.69 Å². The van der Waals surface area contributed by atoms with E-state index in [1.807, 2.05) is 30.1 Å². The SMILES string of the molecule is CSC1CCCC1Nc1ccc(C(N)=S)nc1. The molecule has 1 aromatic heterocycles. The Balaban J connectivity index is 2.01. The predicted octanol–water partition coefficient (Wildman–Crippen LogP) is 2.41. The van der Waals surface area contributed by atoms with Crippen molar-refractivity contribution in [3.63, 3.8) is 0 Å². The van der Waals surface area contributed by atoms with Crippen LogP contribution in [0.5, 0.6) is 0 Å². The largest absolute Gasteiger partial charge is 0.388 e. The first-order valence-electron chi connectivity index (χ1n) is 5.76. The normalized spacial score (nSPS) is 23.6. The van der Waals surface area contributed by atoms with Gasteiger partial charge in [-0.1, -0.05) is 18.6 Å². The molecule has 17 heavy (non-hydrogen) atoms. The number of rotatable bonds is 4. The first kappa shape index (κ1) is 12.6. The van der Waals surface area contributed by atoms with Gasteiger partial charge in [-0.05, 0) is 31.2 Å². The number of nitrogens with two attached hydrogens (primary N) is 1. The van der Waals surface area contributed by atoms with Gasteiger partial charge in [-0.25, -0.2) is 0 Å². The van der Waals surface area contributed by atoms with E-state index in [4.69, 9.17) is 18.0 Å². The molecule has 3 nitrogen and oxygen atoms in total. The summed E-state index contributed by atoms with van der Waals surface area (Å²) >= 11 is 6.82. The monoisotopic (exact) mass is 267 g/mol. The Morgan fingerprint density at radius 1 is 1.53 bits per heavy atom. The molecule has 2 unspecified atom stereocenters. The fraction of sp³-hybridized carbons (Fsp3) is 0.500. The molecule has 5 heteroatoms. The van der Waals surface area contributed by atoms with Crippen LogP contribution in [0.3, 0.4) is 0 Å². The van der Waals surface area contributed by atoms with Crippen LogP contribution in [0.2, 0.25) is 0 Å². The van der Waals surface area contributed by atoms with Crippen LogP contribution in [0.25, 0.3) is 0 Å². The number of thiocarbonyl (C=S) groups is 1. The molecule has 0 bridgehead atoms. The molecule has 1 aliphatic rings. The topological polar surface area (TPSA) is 50.9 Å². The van der Waals surface area contributed by atoms with E-state index in [1.54, 1.807) is 0 Å². The molecular weight excluding hydrogens is 250 g/mol. The molecule has 1 aliphatic carbocycles. The number of pyridine rings is 1. The van der Waals surface area contributed by atoms with Gasteiger partial charge in [0.05, 0.1) is 17.6 Å². The summed E-state index contributed by atoms with van der Waals surface area (Å²) in [4.78, 5) is 4.58. The predicted molar refractivity (Wildman–Crippen MR) is 78.7 cm³/mol. The first-order chi connectivity index (χ1) is 8.20. The maximum Gasteiger partial charge on any atom is 0.122 e. The number of anilines is 1. The van der Waals surface area contributed by atoms with Gasteiger partial charge in [0, 0.05) is 11.3 Å². The van der Waals surface area contributed by atoms with Gasteiger partial charge in [0.15, 0.2) is 0 Å². The van der Waals surface area contributed by atoms with Crippen LogP contribution < -0.4 is 11.1 Å². The summed E-state index contributed by atoms with van der Waals surface area (Å²) in [5.74, 6) is 0. The highest BCUT2D eigenvalue weighted by Crippen LogP contribution is 2.30. The van der Waals surface area contributed by atoms with Crippen LogP contribution in [-0.2, 0) is 0 Å². The maximum atomic E-state index is 5.52. The van der Waals surface area contributed by atoms with Crippen LogP contribution >= 0.6 is 24.0 Å². The van der Waals surface area contributed by atoms with E-state index < -0.39 is 0 Å². The van der Waals surface area contributed by atoms with Gasteiger partial charge in [0.1, 0.15) is 4.99 Å². The molecule has 92 valence electrons. The minimum absolute atomic E-state index is 0.347. The Labute approximate surface area is 112 Å². The molecule has 0 aliphatic heterocycles. The van der Waals surface area contributed by atoms with Crippen molar-refractivity contribution in [2.75, 3.05) is 11.6 Å². The third-order valence-corrected chi connectivity index (χ3v) is 4.50. The van der Waals surface area contributed by atoms with E-state index >= 15 is 0 Å². The molecule has 3 N–H and O–H groups in total. The second kappa shape index (κ2) is 5.69. The number of nitrogens with zero attached hydrogens (tertiary/aromatic N) is 1. The summed E-state index contributed by atoms with van der Waals surface area (Å²) < 4.78 is 0. The molecule has 1 fully saturated rings. The zero-order valence-electron chi connectivity index (χ0n) is 9.85. The Morgan fingerprint density at radius 2 is 2.35 bits per heavy atom. The number of aromatic nitrogens is 1. The second-order valence-corrected chi connectivity index (χ2v) is 5.77. The Bertz CT molecular complexity index is 391. The molecule has 0 amide bonds. The average molecular weight is 267 g/mol. The van der Waals surface area contributed by atoms with Crippen molar-refractivity contribution < 1.29 is 0 Å². The summed E-state index contributed by atoms with van der Waals surface area (Å²) in [5.41, 5.74) is 7.25. The van der Waals surface area contributed by atoms with Gasteiger partial charge in [-0.2, -0.15) is 11.8 Å². The van der Waals surface area contributed by atoms with E-state index in [2.05, 4.69) is 16.6 Å². The van der Waals surface area contributed by atoms with Crippen LogP contribution in [0.1, 0.15) is 25.0 Å². The molecule has 1 aromatic rings. The van der Waals surface area contributed by atoms with E-state index in [1.165, 1.54) is 19.3 Å². The fourth-order valence-electron chi connectivity index (χ4n) is 2.21. The molecule has 1 heterocycles. The van der Waals surface area contributed by atoms with Gasteiger partial charge in [-0.15, -0.1) is 0 Å². The molecule has 0 aromatic carbocycles. The molecule has 2 atom stereocenters. The Hall–Kier alpha value is -0.810. The smallest absolute Gasteiger partial charge is 0.122 e. The highest BCUT2D eigenvalue weighted by atomic mass is 32.2. The molecule has 0 saturated heterocycles. The van der Waals surface area contributed by atoms with Crippen LogP contribution in [0.15, 0.2) is 18.3 Å². The Morgan fingerprint density at radius 3 is 2.94 bits per heavy atom. The van der Waals surface area contributed by atoms with Gasteiger partial charge < -0.3 is 11.1 Å². The molecule has 1 saturated carbocycles. The lowest BCUT2D eigenvalue weighted by Crippen LogP contribution is -2.25. The Kier molecular flexibility index (Phi) is 4.23.